The highest BCUT2D eigenvalue weighted by atomic mass is 31.1. The minimum atomic E-state index is -1.04. The summed E-state index contributed by atoms with van der Waals surface area (Å²) in [6.45, 7) is 7.02. The standard InChI is InChI=1S/C25H24F2NOP/c1-25(2,3)23-16-29-24(28-23)21-6-4-5-7-22(21)30(19-12-8-17(26)9-13-19)20-14-10-18(27)11-15-20/h4-15,23H,16H2,1-3H3/t23-/m1/s1. The van der Waals surface area contributed by atoms with Crippen molar-refractivity contribution in [2.45, 2.75) is 26.8 Å². The van der Waals surface area contributed by atoms with Gasteiger partial charge in [0.05, 0.1) is 6.04 Å². The molecule has 1 aliphatic rings. The molecule has 0 saturated heterocycles. The van der Waals surface area contributed by atoms with Crippen LogP contribution in [0.2, 0.25) is 0 Å². The largest absolute Gasteiger partial charge is 0.475 e. The molecule has 0 amide bonds. The molecule has 0 radical (unpaired) electrons. The summed E-state index contributed by atoms with van der Waals surface area (Å²) in [5, 5.41) is 3.02. The fourth-order valence-electron chi connectivity index (χ4n) is 3.42. The van der Waals surface area contributed by atoms with E-state index in [2.05, 4.69) is 26.8 Å². The molecule has 1 atom stereocenters. The van der Waals surface area contributed by atoms with Gasteiger partial charge in [0, 0.05) is 5.56 Å². The molecule has 0 aliphatic carbocycles. The second-order valence-corrected chi connectivity index (χ2v) is 10.6. The Morgan fingerprint density at radius 2 is 1.37 bits per heavy atom. The minimum absolute atomic E-state index is 0.00927. The predicted octanol–water partition coefficient (Wildman–Crippen LogP) is 4.91. The summed E-state index contributed by atoms with van der Waals surface area (Å²) in [5.74, 6) is 0.0810. The number of benzene rings is 3. The molecule has 1 aliphatic heterocycles. The van der Waals surface area contributed by atoms with Crippen LogP contribution in [0.4, 0.5) is 8.78 Å². The third-order valence-electron chi connectivity index (χ3n) is 5.20. The molecular weight excluding hydrogens is 399 g/mol. The van der Waals surface area contributed by atoms with E-state index in [1.54, 1.807) is 24.3 Å². The van der Waals surface area contributed by atoms with Gasteiger partial charge in [-0.15, -0.1) is 0 Å². The van der Waals surface area contributed by atoms with Crippen molar-refractivity contribution < 1.29 is 13.5 Å². The van der Waals surface area contributed by atoms with Gasteiger partial charge in [-0.3, -0.25) is 0 Å². The van der Waals surface area contributed by atoms with Crippen LogP contribution in [0.5, 0.6) is 0 Å². The van der Waals surface area contributed by atoms with E-state index in [9.17, 15) is 8.78 Å². The highest BCUT2D eigenvalue weighted by molar-refractivity contribution is 7.80. The molecule has 0 fully saturated rings. The van der Waals surface area contributed by atoms with Crippen LogP contribution in [-0.2, 0) is 4.74 Å². The average Bonchev–Trinajstić information content (AvgIpc) is 3.22. The first kappa shape index (κ1) is 20.7. The van der Waals surface area contributed by atoms with Gasteiger partial charge in [-0.2, -0.15) is 0 Å². The number of hydrogen-bond acceptors (Lipinski definition) is 2. The summed E-state index contributed by atoms with van der Waals surface area (Å²) in [6, 6.07) is 21.2. The predicted molar refractivity (Wildman–Crippen MR) is 121 cm³/mol. The Morgan fingerprint density at radius 1 is 0.833 bits per heavy atom. The zero-order valence-corrected chi connectivity index (χ0v) is 18.2. The van der Waals surface area contributed by atoms with Gasteiger partial charge in [0.1, 0.15) is 18.2 Å². The SMILES string of the molecule is CC(C)(C)[C@H]1COC(c2ccccc2P(c2ccc(F)cc2)c2ccc(F)cc2)=N1. The van der Waals surface area contributed by atoms with Crippen LogP contribution in [-0.4, -0.2) is 18.5 Å². The third kappa shape index (κ3) is 4.29. The first-order valence-electron chi connectivity index (χ1n) is 9.94. The number of ether oxygens (including phenoxy) is 1. The monoisotopic (exact) mass is 423 g/mol. The molecule has 2 nitrogen and oxygen atoms in total. The molecule has 0 N–H and O–H groups in total. The Kier molecular flexibility index (Phi) is 5.71. The van der Waals surface area contributed by atoms with E-state index >= 15 is 0 Å². The van der Waals surface area contributed by atoms with Crippen molar-refractivity contribution in [1.82, 2.24) is 0 Å². The zero-order valence-electron chi connectivity index (χ0n) is 17.3. The van der Waals surface area contributed by atoms with Gasteiger partial charge in [0.25, 0.3) is 0 Å². The van der Waals surface area contributed by atoms with E-state index in [-0.39, 0.29) is 23.1 Å². The van der Waals surface area contributed by atoms with Crippen molar-refractivity contribution in [2.24, 2.45) is 10.4 Å². The summed E-state index contributed by atoms with van der Waals surface area (Å²) in [6.07, 6.45) is 0. The first-order valence-corrected chi connectivity index (χ1v) is 11.3. The van der Waals surface area contributed by atoms with Crippen LogP contribution >= 0.6 is 7.92 Å². The smallest absolute Gasteiger partial charge is 0.217 e. The molecule has 5 heteroatoms. The molecule has 4 rings (SSSR count). The lowest BCUT2D eigenvalue weighted by molar-refractivity contribution is 0.236. The normalized spacial score (nSPS) is 16.5. The number of halogens is 2. The highest BCUT2D eigenvalue weighted by Gasteiger charge is 2.32. The molecule has 1 heterocycles. The van der Waals surface area contributed by atoms with Crippen molar-refractivity contribution in [3.05, 3.63) is 90.0 Å². The van der Waals surface area contributed by atoms with Crippen LogP contribution in [0.3, 0.4) is 0 Å². The molecular formula is C25H24F2NOP. The van der Waals surface area contributed by atoms with Crippen LogP contribution in [0.25, 0.3) is 0 Å². The van der Waals surface area contributed by atoms with Crippen molar-refractivity contribution in [3.8, 4) is 0 Å². The lowest BCUT2D eigenvalue weighted by Gasteiger charge is -2.22. The maximum Gasteiger partial charge on any atom is 0.217 e. The molecule has 0 bridgehead atoms. The molecule has 154 valence electrons. The van der Waals surface area contributed by atoms with E-state index in [0.717, 1.165) is 21.5 Å². The fourth-order valence-corrected chi connectivity index (χ4v) is 5.82. The van der Waals surface area contributed by atoms with Gasteiger partial charge >= 0.3 is 0 Å². The maximum atomic E-state index is 13.6. The molecule has 0 unspecified atom stereocenters. The third-order valence-corrected chi connectivity index (χ3v) is 7.70. The van der Waals surface area contributed by atoms with Gasteiger partial charge < -0.3 is 4.74 Å². The van der Waals surface area contributed by atoms with Gasteiger partial charge in [0.2, 0.25) is 5.90 Å². The van der Waals surface area contributed by atoms with Crippen molar-refractivity contribution in [2.75, 3.05) is 6.61 Å². The molecule has 0 spiro atoms. The Labute approximate surface area is 177 Å². The molecule has 0 saturated carbocycles. The first-order chi connectivity index (χ1) is 14.3. The van der Waals surface area contributed by atoms with Crippen molar-refractivity contribution >= 4 is 29.7 Å². The molecule has 3 aromatic rings. The van der Waals surface area contributed by atoms with Gasteiger partial charge in [-0.05, 0) is 59.6 Å². The number of hydrogen-bond donors (Lipinski definition) is 0. The quantitative estimate of drug-likeness (QED) is 0.546. The van der Waals surface area contributed by atoms with E-state index in [1.807, 2.05) is 18.2 Å². The number of aliphatic imine (C=N–C) groups is 1. The highest BCUT2D eigenvalue weighted by Crippen LogP contribution is 2.36. The van der Waals surface area contributed by atoms with Crippen LogP contribution in [0.1, 0.15) is 26.3 Å². The minimum Gasteiger partial charge on any atom is -0.475 e. The summed E-state index contributed by atoms with van der Waals surface area (Å²) in [5.41, 5.74) is 0.944. The van der Waals surface area contributed by atoms with E-state index in [0.29, 0.717) is 12.5 Å². The van der Waals surface area contributed by atoms with Crippen LogP contribution in [0, 0.1) is 17.0 Å². The number of nitrogens with zero attached hydrogens (tertiary/aromatic N) is 1. The number of rotatable bonds is 4. The molecule has 30 heavy (non-hydrogen) atoms. The average molecular weight is 423 g/mol. The van der Waals surface area contributed by atoms with Gasteiger partial charge in [-0.1, -0.05) is 63.2 Å². The van der Waals surface area contributed by atoms with E-state index in [4.69, 9.17) is 9.73 Å². The van der Waals surface area contributed by atoms with Crippen molar-refractivity contribution in [3.63, 3.8) is 0 Å². The zero-order chi connectivity index (χ0) is 21.3. The molecule has 0 aromatic heterocycles. The summed E-state index contributed by atoms with van der Waals surface area (Å²) in [7, 11) is -1.04. The maximum absolute atomic E-state index is 13.6. The lowest BCUT2D eigenvalue weighted by Crippen LogP contribution is -2.25. The summed E-state index contributed by atoms with van der Waals surface area (Å²) in [4.78, 5) is 4.87. The van der Waals surface area contributed by atoms with Gasteiger partial charge in [0.15, 0.2) is 0 Å². The van der Waals surface area contributed by atoms with Crippen molar-refractivity contribution in [1.29, 1.82) is 0 Å². The van der Waals surface area contributed by atoms with E-state index < -0.39 is 7.92 Å². The van der Waals surface area contributed by atoms with Crippen LogP contribution < -0.4 is 15.9 Å². The Morgan fingerprint density at radius 3 is 1.87 bits per heavy atom. The van der Waals surface area contributed by atoms with Gasteiger partial charge in [-0.25, -0.2) is 13.8 Å². The Balaban J connectivity index is 1.84. The lowest BCUT2D eigenvalue weighted by atomic mass is 9.88. The summed E-state index contributed by atoms with van der Waals surface area (Å²) >= 11 is 0. The topological polar surface area (TPSA) is 21.6 Å². The van der Waals surface area contributed by atoms with Crippen LogP contribution in [0.15, 0.2) is 77.8 Å². The summed E-state index contributed by atoms with van der Waals surface area (Å²) < 4.78 is 33.2. The molecule has 3 aromatic carbocycles. The van der Waals surface area contributed by atoms with E-state index in [1.165, 1.54) is 24.3 Å². The Bertz CT molecular complexity index is 1010. The fraction of sp³-hybridized carbons (Fsp3) is 0.240. The second kappa shape index (κ2) is 8.28. The second-order valence-electron chi connectivity index (χ2n) is 8.43. The Hall–Kier alpha value is -2.58.